The predicted molar refractivity (Wildman–Crippen MR) is 89.9 cm³/mol. The molecule has 0 bridgehead atoms. The lowest BCUT2D eigenvalue weighted by molar-refractivity contribution is -0.142. The largest absolute Gasteiger partial charge is 0.435 e. The molecule has 3 heterocycles. The number of amides is 1. The second-order valence-corrected chi connectivity index (χ2v) is 6.73. The minimum absolute atomic E-state index is 0.0751. The van der Waals surface area contributed by atoms with E-state index in [1.807, 2.05) is 6.92 Å². The first-order chi connectivity index (χ1) is 12.7. The van der Waals surface area contributed by atoms with Crippen molar-refractivity contribution in [1.82, 2.24) is 24.2 Å². The lowest BCUT2D eigenvalue weighted by Crippen LogP contribution is -2.33. The van der Waals surface area contributed by atoms with Crippen molar-refractivity contribution in [2.45, 2.75) is 45.6 Å². The first kappa shape index (κ1) is 19.4. The molecule has 0 N–H and O–H groups in total. The minimum atomic E-state index is -4.52. The lowest BCUT2D eigenvalue weighted by Gasteiger charge is -2.20. The minimum Gasteiger partial charge on any atom is -0.377 e. The van der Waals surface area contributed by atoms with Gasteiger partial charge < -0.3 is 14.2 Å². The van der Waals surface area contributed by atoms with Gasteiger partial charge in [-0.3, -0.25) is 9.48 Å². The number of carbonyl (C=O) groups excluding carboxylic acids is 1. The van der Waals surface area contributed by atoms with Gasteiger partial charge in [0.15, 0.2) is 5.69 Å². The molecule has 1 unspecified atom stereocenters. The van der Waals surface area contributed by atoms with Gasteiger partial charge in [0.1, 0.15) is 19.0 Å². The smallest absolute Gasteiger partial charge is 0.377 e. The number of halogens is 3. The van der Waals surface area contributed by atoms with Crippen LogP contribution in [0.25, 0.3) is 0 Å². The molecule has 0 saturated carbocycles. The van der Waals surface area contributed by atoms with E-state index in [0.717, 1.165) is 28.7 Å². The summed E-state index contributed by atoms with van der Waals surface area (Å²) in [5.74, 6) is 0.551. The van der Waals surface area contributed by atoms with Crippen LogP contribution >= 0.6 is 0 Å². The summed E-state index contributed by atoms with van der Waals surface area (Å²) in [7, 11) is 1.60. The van der Waals surface area contributed by atoms with E-state index >= 15 is 0 Å². The number of aryl methyl sites for hydroxylation is 2. The fourth-order valence-electron chi connectivity index (χ4n) is 3.45. The monoisotopic (exact) mass is 385 g/mol. The van der Waals surface area contributed by atoms with E-state index in [2.05, 4.69) is 14.6 Å². The number of imidazole rings is 1. The molecule has 1 amide bonds. The van der Waals surface area contributed by atoms with Crippen LogP contribution in [0.2, 0.25) is 0 Å². The maximum atomic E-state index is 12.8. The van der Waals surface area contributed by atoms with Gasteiger partial charge in [0.25, 0.3) is 0 Å². The van der Waals surface area contributed by atoms with Gasteiger partial charge in [-0.05, 0) is 26.3 Å². The van der Waals surface area contributed by atoms with Gasteiger partial charge in [-0.1, -0.05) is 0 Å². The van der Waals surface area contributed by atoms with E-state index < -0.39 is 11.9 Å². The Bertz CT molecular complexity index is 827. The molecule has 3 rings (SSSR count). The molecule has 2 aromatic rings. The third kappa shape index (κ3) is 4.00. The molecule has 1 saturated heterocycles. The molecule has 27 heavy (non-hydrogen) atoms. The van der Waals surface area contributed by atoms with Crippen molar-refractivity contribution in [3.63, 3.8) is 0 Å². The number of hydrogen-bond donors (Lipinski definition) is 0. The van der Waals surface area contributed by atoms with Gasteiger partial charge in [0.2, 0.25) is 5.91 Å². The summed E-state index contributed by atoms with van der Waals surface area (Å²) in [6.07, 6.45) is -2.00. The zero-order valence-corrected chi connectivity index (χ0v) is 15.5. The maximum absolute atomic E-state index is 12.8. The van der Waals surface area contributed by atoms with Crippen molar-refractivity contribution < 1.29 is 22.7 Å². The topological polar surface area (TPSA) is 65.2 Å². The summed E-state index contributed by atoms with van der Waals surface area (Å²) in [5, 5.41) is 3.53. The molecule has 1 aliphatic heterocycles. The summed E-state index contributed by atoms with van der Waals surface area (Å²) < 4.78 is 46.7. The summed E-state index contributed by atoms with van der Waals surface area (Å²) in [5.41, 5.74) is 0.309. The van der Waals surface area contributed by atoms with E-state index in [4.69, 9.17) is 4.74 Å². The molecule has 0 aromatic carbocycles. The molecular formula is C17H22F3N5O2. The number of ether oxygens (including phenoxy) is 1. The van der Waals surface area contributed by atoms with Crippen LogP contribution in [0.1, 0.15) is 35.4 Å². The Morgan fingerprint density at radius 1 is 1.33 bits per heavy atom. The van der Waals surface area contributed by atoms with E-state index in [0.29, 0.717) is 25.4 Å². The number of rotatable bonds is 5. The highest BCUT2D eigenvalue weighted by Gasteiger charge is 2.35. The normalized spacial score (nSPS) is 17.7. The van der Waals surface area contributed by atoms with Crippen LogP contribution in [0.15, 0.2) is 12.3 Å². The lowest BCUT2D eigenvalue weighted by atomic mass is 10.2. The van der Waals surface area contributed by atoms with Crippen LogP contribution in [0.5, 0.6) is 0 Å². The van der Waals surface area contributed by atoms with Crippen LogP contribution in [0.4, 0.5) is 13.2 Å². The maximum Gasteiger partial charge on any atom is 0.435 e. The Morgan fingerprint density at radius 3 is 2.70 bits per heavy atom. The number of nitrogens with zero attached hydrogens (tertiary/aromatic N) is 5. The fraction of sp³-hybridized carbons (Fsp3) is 0.588. The number of methoxy groups -OCH3 is 1. The highest BCUT2D eigenvalue weighted by Crippen LogP contribution is 2.29. The second kappa shape index (κ2) is 7.34. The van der Waals surface area contributed by atoms with Gasteiger partial charge in [-0.2, -0.15) is 18.3 Å². The molecule has 148 valence electrons. The van der Waals surface area contributed by atoms with E-state index in [1.54, 1.807) is 18.2 Å². The van der Waals surface area contributed by atoms with Crippen molar-refractivity contribution in [1.29, 1.82) is 0 Å². The average Bonchev–Trinajstić information content (AvgIpc) is 3.27. The number of carbonyl (C=O) groups is 1. The Hall–Kier alpha value is -2.36. The zero-order valence-electron chi connectivity index (χ0n) is 15.5. The highest BCUT2D eigenvalue weighted by atomic mass is 19.4. The van der Waals surface area contributed by atoms with Gasteiger partial charge in [0, 0.05) is 37.8 Å². The molecular weight excluding hydrogens is 363 g/mol. The number of likely N-dealkylation sites (tertiary alicyclic amines) is 1. The first-order valence-corrected chi connectivity index (χ1v) is 8.61. The Balaban J connectivity index is 1.68. The highest BCUT2D eigenvalue weighted by molar-refractivity contribution is 5.76. The van der Waals surface area contributed by atoms with E-state index in [1.165, 1.54) is 6.92 Å². The van der Waals surface area contributed by atoms with Crippen molar-refractivity contribution >= 4 is 5.91 Å². The van der Waals surface area contributed by atoms with Crippen molar-refractivity contribution in [3.05, 3.63) is 35.2 Å². The number of alkyl halides is 3. The molecule has 0 radical (unpaired) electrons. The number of hydrogen-bond acceptors (Lipinski definition) is 4. The van der Waals surface area contributed by atoms with Crippen molar-refractivity contribution in [2.75, 3.05) is 20.2 Å². The average molecular weight is 385 g/mol. The Kier molecular flexibility index (Phi) is 5.27. The Labute approximate surface area is 154 Å². The third-order valence-corrected chi connectivity index (χ3v) is 4.77. The van der Waals surface area contributed by atoms with Crippen LogP contribution < -0.4 is 0 Å². The van der Waals surface area contributed by atoms with Crippen LogP contribution in [-0.2, 0) is 28.9 Å². The summed E-state index contributed by atoms with van der Waals surface area (Å²) >= 11 is 0. The Morgan fingerprint density at radius 2 is 2.07 bits per heavy atom. The molecule has 1 fully saturated rings. The van der Waals surface area contributed by atoms with Crippen molar-refractivity contribution in [3.8, 4) is 0 Å². The summed E-state index contributed by atoms with van der Waals surface area (Å²) in [6, 6.07) is 1.03. The van der Waals surface area contributed by atoms with Crippen molar-refractivity contribution in [2.24, 2.45) is 0 Å². The SMILES string of the molecule is COCc1ncc(C)n1C1CCN(C(=O)Cn2nc(C(F)(F)F)cc2C)C1. The standard InChI is InChI=1S/C17H22F3N5O2/c1-11-6-14(17(18,19)20)22-24(11)9-16(26)23-5-4-13(8-23)25-12(2)7-21-15(25)10-27-3/h6-7,13H,4-5,8-10H2,1-3H3. The molecule has 0 spiro atoms. The van der Waals surface area contributed by atoms with Gasteiger partial charge in [0.05, 0.1) is 6.04 Å². The first-order valence-electron chi connectivity index (χ1n) is 8.61. The van der Waals surface area contributed by atoms with E-state index in [9.17, 15) is 18.0 Å². The third-order valence-electron chi connectivity index (χ3n) is 4.77. The van der Waals surface area contributed by atoms with Gasteiger partial charge in [-0.15, -0.1) is 0 Å². The zero-order chi connectivity index (χ0) is 19.8. The van der Waals surface area contributed by atoms with Gasteiger partial charge >= 0.3 is 6.18 Å². The number of aromatic nitrogens is 4. The molecule has 2 aromatic heterocycles. The van der Waals surface area contributed by atoms with Crippen LogP contribution in [0, 0.1) is 13.8 Å². The van der Waals surface area contributed by atoms with Gasteiger partial charge in [-0.25, -0.2) is 4.98 Å². The van der Waals surface area contributed by atoms with Crippen LogP contribution in [-0.4, -0.2) is 50.3 Å². The summed E-state index contributed by atoms with van der Waals surface area (Å²) in [6.45, 7) is 4.66. The molecule has 10 heteroatoms. The fourth-order valence-corrected chi connectivity index (χ4v) is 3.45. The predicted octanol–water partition coefficient (Wildman–Crippen LogP) is 2.34. The molecule has 7 nitrogen and oxygen atoms in total. The summed E-state index contributed by atoms with van der Waals surface area (Å²) in [4.78, 5) is 18.6. The van der Waals surface area contributed by atoms with E-state index in [-0.39, 0.29) is 18.5 Å². The molecule has 1 atom stereocenters. The van der Waals surface area contributed by atoms with Crippen LogP contribution in [0.3, 0.4) is 0 Å². The quantitative estimate of drug-likeness (QED) is 0.793. The molecule has 1 aliphatic rings. The second-order valence-electron chi connectivity index (χ2n) is 6.73. The molecule has 0 aliphatic carbocycles.